The molecule has 1 aromatic heterocycles. The summed E-state index contributed by atoms with van der Waals surface area (Å²) in [5.41, 5.74) is 0.122. The van der Waals surface area contributed by atoms with Gasteiger partial charge in [0.15, 0.2) is 0 Å². The maximum atomic E-state index is 12.2. The van der Waals surface area contributed by atoms with Crippen molar-refractivity contribution >= 4 is 12.0 Å². The van der Waals surface area contributed by atoms with Crippen LogP contribution in [0.25, 0.3) is 0 Å². The fourth-order valence-corrected chi connectivity index (χ4v) is 2.37. The molecule has 0 aliphatic carbocycles. The number of ether oxygens (including phenoxy) is 1. The Morgan fingerprint density at radius 2 is 2.29 bits per heavy atom. The molecule has 1 unspecified atom stereocenters. The number of nitrogens with one attached hydrogen (secondary N) is 1. The zero-order valence-electron chi connectivity index (χ0n) is 12.2. The Morgan fingerprint density at radius 1 is 1.52 bits per heavy atom. The minimum atomic E-state index is -1.03. The molecule has 0 saturated carbocycles. The van der Waals surface area contributed by atoms with Crippen LogP contribution in [0.1, 0.15) is 35.2 Å². The van der Waals surface area contributed by atoms with Crippen LogP contribution in [-0.2, 0) is 11.3 Å². The van der Waals surface area contributed by atoms with Crippen LogP contribution in [0.3, 0.4) is 0 Å². The van der Waals surface area contributed by atoms with Gasteiger partial charge in [-0.05, 0) is 19.4 Å². The van der Waals surface area contributed by atoms with Crippen LogP contribution in [0.4, 0.5) is 4.79 Å². The molecule has 0 aromatic carbocycles. The summed E-state index contributed by atoms with van der Waals surface area (Å²) >= 11 is 0. The van der Waals surface area contributed by atoms with E-state index < -0.39 is 5.97 Å². The van der Waals surface area contributed by atoms with Gasteiger partial charge in [0.05, 0.1) is 25.8 Å². The molecule has 7 heteroatoms. The van der Waals surface area contributed by atoms with Crippen molar-refractivity contribution in [3.05, 3.63) is 23.2 Å². The molecular weight excluding hydrogens is 276 g/mol. The highest BCUT2D eigenvalue weighted by molar-refractivity contribution is 5.88. The highest BCUT2D eigenvalue weighted by atomic mass is 16.5. The SMILES string of the molecule is CCC1COCCN1C(=O)NCc1cc(C(=O)O)c(C)o1. The van der Waals surface area contributed by atoms with Crippen molar-refractivity contribution in [2.24, 2.45) is 0 Å². The molecule has 1 fully saturated rings. The largest absolute Gasteiger partial charge is 0.478 e. The monoisotopic (exact) mass is 296 g/mol. The summed E-state index contributed by atoms with van der Waals surface area (Å²) in [5, 5.41) is 11.7. The maximum absolute atomic E-state index is 12.2. The summed E-state index contributed by atoms with van der Waals surface area (Å²) in [5.74, 6) is -0.267. The molecule has 2 rings (SSSR count). The Labute approximate surface area is 122 Å². The standard InChI is InChI=1S/C14H20N2O5/c1-3-10-8-20-5-4-16(10)14(19)15-7-11-6-12(13(17)18)9(2)21-11/h6,10H,3-5,7-8H2,1-2H3,(H,15,19)(H,17,18). The number of carboxylic acid groups (broad SMARTS) is 1. The number of urea groups is 1. The molecule has 0 spiro atoms. The van der Waals surface area contributed by atoms with E-state index in [9.17, 15) is 9.59 Å². The van der Waals surface area contributed by atoms with Crippen LogP contribution < -0.4 is 5.32 Å². The molecule has 1 aliphatic heterocycles. The summed E-state index contributed by atoms with van der Waals surface area (Å²) in [6, 6.07) is 1.33. The lowest BCUT2D eigenvalue weighted by atomic mass is 10.2. The summed E-state index contributed by atoms with van der Waals surface area (Å²) in [7, 11) is 0. The normalized spacial score (nSPS) is 18.6. The van der Waals surface area contributed by atoms with E-state index in [1.54, 1.807) is 11.8 Å². The van der Waals surface area contributed by atoms with Crippen LogP contribution in [0, 0.1) is 6.92 Å². The topological polar surface area (TPSA) is 92.0 Å². The maximum Gasteiger partial charge on any atom is 0.339 e. The average Bonchev–Trinajstić information content (AvgIpc) is 2.86. The van der Waals surface area contributed by atoms with Gasteiger partial charge in [0.1, 0.15) is 17.1 Å². The Kier molecular flexibility index (Phi) is 4.85. The first kappa shape index (κ1) is 15.4. The summed E-state index contributed by atoms with van der Waals surface area (Å²) in [4.78, 5) is 24.8. The summed E-state index contributed by atoms with van der Waals surface area (Å²) in [6.07, 6.45) is 0.830. The molecular formula is C14H20N2O5. The molecule has 2 amide bonds. The Balaban J connectivity index is 1.94. The summed E-state index contributed by atoms with van der Waals surface area (Å²) in [6.45, 7) is 5.40. The molecule has 0 bridgehead atoms. The number of amides is 2. The third kappa shape index (κ3) is 3.55. The first-order chi connectivity index (χ1) is 10.0. The van der Waals surface area contributed by atoms with E-state index in [1.807, 2.05) is 6.92 Å². The van der Waals surface area contributed by atoms with Crippen LogP contribution in [0.5, 0.6) is 0 Å². The molecule has 0 radical (unpaired) electrons. The second-order valence-corrected chi connectivity index (χ2v) is 4.98. The number of aryl methyl sites for hydroxylation is 1. The van der Waals surface area contributed by atoms with Gasteiger partial charge in [-0.1, -0.05) is 6.92 Å². The van der Waals surface area contributed by atoms with E-state index in [1.165, 1.54) is 6.07 Å². The number of hydrogen-bond acceptors (Lipinski definition) is 4. The number of carbonyl (C=O) groups excluding carboxylic acids is 1. The number of carboxylic acids is 1. The van der Waals surface area contributed by atoms with E-state index in [0.717, 1.165) is 6.42 Å². The van der Waals surface area contributed by atoms with Gasteiger partial charge in [-0.2, -0.15) is 0 Å². The highest BCUT2D eigenvalue weighted by Crippen LogP contribution is 2.15. The van der Waals surface area contributed by atoms with Gasteiger partial charge in [0, 0.05) is 6.54 Å². The fraction of sp³-hybridized carbons (Fsp3) is 0.571. The Bertz CT molecular complexity index is 525. The lowest BCUT2D eigenvalue weighted by Crippen LogP contribution is -2.52. The van der Waals surface area contributed by atoms with Crippen molar-refractivity contribution in [2.75, 3.05) is 19.8 Å². The number of carbonyl (C=O) groups is 2. The molecule has 1 saturated heterocycles. The molecule has 1 aromatic rings. The number of rotatable bonds is 4. The average molecular weight is 296 g/mol. The molecule has 116 valence electrons. The first-order valence-electron chi connectivity index (χ1n) is 6.97. The van der Waals surface area contributed by atoms with E-state index in [0.29, 0.717) is 31.3 Å². The third-order valence-corrected chi connectivity index (χ3v) is 3.57. The zero-order chi connectivity index (χ0) is 15.4. The van der Waals surface area contributed by atoms with Gasteiger partial charge in [-0.3, -0.25) is 0 Å². The van der Waals surface area contributed by atoms with Gasteiger partial charge in [0.25, 0.3) is 0 Å². The first-order valence-corrected chi connectivity index (χ1v) is 6.97. The van der Waals surface area contributed by atoms with Crippen molar-refractivity contribution in [1.82, 2.24) is 10.2 Å². The second-order valence-electron chi connectivity index (χ2n) is 4.98. The number of aromatic carboxylic acids is 1. The molecule has 2 N–H and O–H groups in total. The quantitative estimate of drug-likeness (QED) is 0.880. The van der Waals surface area contributed by atoms with Gasteiger partial charge < -0.3 is 24.5 Å². The minimum Gasteiger partial charge on any atom is -0.478 e. The smallest absolute Gasteiger partial charge is 0.339 e. The molecule has 2 heterocycles. The van der Waals surface area contributed by atoms with Gasteiger partial charge in [-0.15, -0.1) is 0 Å². The van der Waals surface area contributed by atoms with Crippen molar-refractivity contribution < 1.29 is 23.8 Å². The molecule has 21 heavy (non-hydrogen) atoms. The number of nitrogens with zero attached hydrogens (tertiary/aromatic N) is 1. The van der Waals surface area contributed by atoms with Crippen LogP contribution >= 0.6 is 0 Å². The van der Waals surface area contributed by atoms with Crippen molar-refractivity contribution in [3.63, 3.8) is 0 Å². The van der Waals surface area contributed by atoms with Crippen molar-refractivity contribution in [1.29, 1.82) is 0 Å². The van der Waals surface area contributed by atoms with Crippen LogP contribution in [0.2, 0.25) is 0 Å². The minimum absolute atomic E-state index is 0.0756. The van der Waals surface area contributed by atoms with E-state index in [4.69, 9.17) is 14.3 Å². The fourth-order valence-electron chi connectivity index (χ4n) is 2.37. The lowest BCUT2D eigenvalue weighted by molar-refractivity contribution is 0.0111. The third-order valence-electron chi connectivity index (χ3n) is 3.57. The molecule has 1 aliphatic rings. The van der Waals surface area contributed by atoms with Crippen LogP contribution in [-0.4, -0.2) is 47.8 Å². The highest BCUT2D eigenvalue weighted by Gasteiger charge is 2.26. The number of hydrogen-bond donors (Lipinski definition) is 2. The van der Waals surface area contributed by atoms with Gasteiger partial charge >= 0.3 is 12.0 Å². The van der Waals surface area contributed by atoms with E-state index >= 15 is 0 Å². The molecule has 7 nitrogen and oxygen atoms in total. The molecule has 1 atom stereocenters. The predicted molar refractivity (Wildman–Crippen MR) is 74.2 cm³/mol. The predicted octanol–water partition coefficient (Wildman–Crippen LogP) is 1.61. The van der Waals surface area contributed by atoms with Gasteiger partial charge in [-0.25, -0.2) is 9.59 Å². The van der Waals surface area contributed by atoms with Crippen LogP contribution in [0.15, 0.2) is 10.5 Å². The van der Waals surface area contributed by atoms with E-state index in [2.05, 4.69) is 5.32 Å². The van der Waals surface area contributed by atoms with Gasteiger partial charge in [0.2, 0.25) is 0 Å². The number of morpholine rings is 1. The van der Waals surface area contributed by atoms with Crippen molar-refractivity contribution in [2.45, 2.75) is 32.9 Å². The Hall–Kier alpha value is -2.02. The zero-order valence-corrected chi connectivity index (χ0v) is 12.2. The summed E-state index contributed by atoms with van der Waals surface area (Å²) < 4.78 is 10.7. The second kappa shape index (κ2) is 6.62. The number of furan rings is 1. The van der Waals surface area contributed by atoms with E-state index in [-0.39, 0.29) is 24.2 Å². The Morgan fingerprint density at radius 3 is 2.90 bits per heavy atom. The lowest BCUT2D eigenvalue weighted by Gasteiger charge is -2.34. The van der Waals surface area contributed by atoms with Crippen molar-refractivity contribution in [3.8, 4) is 0 Å².